The zero-order valence-corrected chi connectivity index (χ0v) is 9.74. The highest BCUT2D eigenvalue weighted by atomic mass is 35.5. The van der Waals surface area contributed by atoms with E-state index in [9.17, 15) is 0 Å². The quantitative estimate of drug-likeness (QED) is 0.366. The summed E-state index contributed by atoms with van der Waals surface area (Å²) in [5.74, 6) is 1.03. The molecule has 0 atom stereocenters. The number of hydrogen-bond acceptors (Lipinski definition) is 4. The molecule has 2 N–H and O–H groups in total. The fraction of sp³-hybridized carbons (Fsp3) is 0.556. The summed E-state index contributed by atoms with van der Waals surface area (Å²) >= 11 is 7.31. The minimum atomic E-state index is 0.261. The molecule has 0 amide bonds. The number of hydrogen-bond donors (Lipinski definition) is 1. The lowest BCUT2D eigenvalue weighted by molar-refractivity contribution is 0.778. The average Bonchev–Trinajstić information content (AvgIpc) is 2.18. The van der Waals surface area contributed by atoms with Crippen LogP contribution in [0.1, 0.15) is 26.2 Å². The highest BCUT2D eigenvalue weighted by molar-refractivity contribution is 7.99. The van der Waals surface area contributed by atoms with E-state index in [1.54, 1.807) is 18.0 Å². The largest absolute Gasteiger partial charge is 0.395 e. The monoisotopic (exact) mass is 231 g/mol. The topological polar surface area (TPSA) is 51.8 Å². The Kier molecular flexibility index (Phi) is 5.04. The first-order valence-electron chi connectivity index (χ1n) is 4.65. The van der Waals surface area contributed by atoms with Crippen LogP contribution < -0.4 is 5.73 Å². The predicted molar refractivity (Wildman–Crippen MR) is 61.7 cm³/mol. The Balaban J connectivity index is 2.45. The van der Waals surface area contributed by atoms with Crippen LogP contribution >= 0.6 is 23.4 Å². The number of halogens is 1. The van der Waals surface area contributed by atoms with E-state index in [0.717, 1.165) is 10.8 Å². The van der Waals surface area contributed by atoms with Gasteiger partial charge < -0.3 is 5.73 Å². The van der Waals surface area contributed by atoms with Crippen LogP contribution in [-0.2, 0) is 0 Å². The van der Waals surface area contributed by atoms with Crippen LogP contribution in [0.5, 0.6) is 0 Å². The van der Waals surface area contributed by atoms with Crippen LogP contribution in [0.4, 0.5) is 5.69 Å². The number of thioether (sulfide) groups is 1. The van der Waals surface area contributed by atoms with Gasteiger partial charge in [0.1, 0.15) is 5.03 Å². The summed E-state index contributed by atoms with van der Waals surface area (Å²) in [4.78, 5) is 7.86. The lowest BCUT2D eigenvalue weighted by Gasteiger charge is -2.03. The second kappa shape index (κ2) is 6.09. The molecule has 3 nitrogen and oxygen atoms in total. The third-order valence-corrected chi connectivity index (χ3v) is 3.01. The van der Waals surface area contributed by atoms with Crippen molar-refractivity contribution in [3.63, 3.8) is 0 Å². The van der Waals surface area contributed by atoms with E-state index >= 15 is 0 Å². The van der Waals surface area contributed by atoms with Gasteiger partial charge in [-0.1, -0.05) is 19.8 Å². The van der Waals surface area contributed by atoms with Crippen LogP contribution in [0.15, 0.2) is 11.2 Å². The maximum Gasteiger partial charge on any atom is 0.223 e. The van der Waals surface area contributed by atoms with E-state index < -0.39 is 0 Å². The number of anilines is 1. The molecule has 1 aromatic heterocycles. The number of unbranched alkanes of at least 4 members (excludes halogenated alkanes) is 2. The van der Waals surface area contributed by atoms with Gasteiger partial charge in [0, 0.05) is 0 Å². The van der Waals surface area contributed by atoms with Crippen molar-refractivity contribution in [1.82, 2.24) is 9.97 Å². The molecule has 0 saturated heterocycles. The van der Waals surface area contributed by atoms with E-state index in [0.29, 0.717) is 5.69 Å². The molecular weight excluding hydrogens is 218 g/mol. The van der Waals surface area contributed by atoms with Gasteiger partial charge in [-0.05, 0) is 23.8 Å². The summed E-state index contributed by atoms with van der Waals surface area (Å²) in [7, 11) is 0. The second-order valence-corrected chi connectivity index (χ2v) is 4.38. The number of nitrogens with zero attached hydrogens (tertiary/aromatic N) is 2. The second-order valence-electron chi connectivity index (χ2n) is 2.96. The van der Waals surface area contributed by atoms with Crippen molar-refractivity contribution in [1.29, 1.82) is 0 Å². The lowest BCUT2D eigenvalue weighted by Crippen LogP contribution is -1.95. The summed E-state index contributed by atoms with van der Waals surface area (Å²) in [5.41, 5.74) is 6.31. The molecule has 0 saturated carbocycles. The minimum Gasteiger partial charge on any atom is -0.395 e. The summed E-state index contributed by atoms with van der Waals surface area (Å²) < 4.78 is 0. The normalized spacial score (nSPS) is 10.4. The number of nitrogens with two attached hydrogens (primary N) is 1. The average molecular weight is 232 g/mol. The van der Waals surface area contributed by atoms with Gasteiger partial charge >= 0.3 is 0 Å². The molecule has 0 aliphatic carbocycles. The molecule has 14 heavy (non-hydrogen) atoms. The SMILES string of the molecule is CCCCCSc1nc(Cl)ncc1N. The third-order valence-electron chi connectivity index (χ3n) is 1.74. The molecule has 1 aromatic rings. The Labute approximate surface area is 93.5 Å². The molecule has 0 unspecified atom stereocenters. The van der Waals surface area contributed by atoms with Crippen LogP contribution in [0, 0.1) is 0 Å². The molecule has 0 fully saturated rings. The minimum absolute atomic E-state index is 0.261. The third kappa shape index (κ3) is 3.72. The maximum absolute atomic E-state index is 5.70. The van der Waals surface area contributed by atoms with Crippen molar-refractivity contribution in [2.75, 3.05) is 11.5 Å². The first-order valence-corrected chi connectivity index (χ1v) is 6.01. The molecule has 0 aliphatic rings. The molecule has 78 valence electrons. The lowest BCUT2D eigenvalue weighted by atomic mass is 10.3. The van der Waals surface area contributed by atoms with Crippen molar-refractivity contribution in [2.45, 2.75) is 31.2 Å². The summed E-state index contributed by atoms with van der Waals surface area (Å²) in [6.45, 7) is 2.18. The molecular formula is C9H14ClN3S. The summed E-state index contributed by atoms with van der Waals surface area (Å²) in [6.07, 6.45) is 5.20. The van der Waals surface area contributed by atoms with Gasteiger partial charge in [0.2, 0.25) is 5.28 Å². The van der Waals surface area contributed by atoms with Gasteiger partial charge in [0.15, 0.2) is 0 Å². The van der Waals surface area contributed by atoms with Gasteiger partial charge in [-0.15, -0.1) is 11.8 Å². The van der Waals surface area contributed by atoms with Crippen molar-refractivity contribution in [3.05, 3.63) is 11.5 Å². The summed E-state index contributed by atoms with van der Waals surface area (Å²) in [6, 6.07) is 0. The van der Waals surface area contributed by atoms with E-state index in [2.05, 4.69) is 16.9 Å². The number of rotatable bonds is 5. The van der Waals surface area contributed by atoms with E-state index in [4.69, 9.17) is 17.3 Å². The standard InChI is InChI=1S/C9H14ClN3S/c1-2-3-4-5-14-8-7(11)6-12-9(10)13-8/h6H,2-5,11H2,1H3. The fourth-order valence-corrected chi connectivity index (χ4v) is 2.09. The fourth-order valence-electron chi connectivity index (χ4n) is 0.992. The molecule has 0 spiro atoms. The van der Waals surface area contributed by atoms with Crippen molar-refractivity contribution in [3.8, 4) is 0 Å². The molecule has 1 rings (SSSR count). The smallest absolute Gasteiger partial charge is 0.223 e. The first kappa shape index (κ1) is 11.6. The van der Waals surface area contributed by atoms with Crippen molar-refractivity contribution in [2.24, 2.45) is 0 Å². The van der Waals surface area contributed by atoms with Gasteiger partial charge in [0.25, 0.3) is 0 Å². The van der Waals surface area contributed by atoms with E-state index in [-0.39, 0.29) is 5.28 Å². The predicted octanol–water partition coefficient (Wildman–Crippen LogP) is 2.99. The maximum atomic E-state index is 5.70. The Hall–Kier alpha value is -0.480. The zero-order chi connectivity index (χ0) is 10.4. The Morgan fingerprint density at radius 1 is 1.50 bits per heavy atom. The van der Waals surface area contributed by atoms with Gasteiger partial charge in [-0.2, -0.15) is 0 Å². The zero-order valence-electron chi connectivity index (χ0n) is 8.16. The van der Waals surface area contributed by atoms with E-state index in [1.165, 1.54) is 19.3 Å². The van der Waals surface area contributed by atoms with Crippen molar-refractivity contribution < 1.29 is 0 Å². The van der Waals surface area contributed by atoms with Gasteiger partial charge in [-0.3, -0.25) is 0 Å². The van der Waals surface area contributed by atoms with Crippen molar-refractivity contribution >= 4 is 29.1 Å². The number of aromatic nitrogens is 2. The Bertz CT molecular complexity index is 293. The van der Waals surface area contributed by atoms with Gasteiger partial charge in [0.05, 0.1) is 11.9 Å². The number of nitrogen functional groups attached to an aromatic ring is 1. The van der Waals surface area contributed by atoms with Crippen LogP contribution in [0.2, 0.25) is 5.28 Å². The molecule has 0 aromatic carbocycles. The van der Waals surface area contributed by atoms with Crippen LogP contribution in [0.3, 0.4) is 0 Å². The first-order chi connectivity index (χ1) is 6.74. The highest BCUT2D eigenvalue weighted by Crippen LogP contribution is 2.23. The molecule has 1 heterocycles. The van der Waals surface area contributed by atoms with Crippen LogP contribution in [-0.4, -0.2) is 15.7 Å². The summed E-state index contributed by atoms with van der Waals surface area (Å²) in [5, 5.41) is 1.05. The van der Waals surface area contributed by atoms with E-state index in [1.807, 2.05) is 0 Å². The molecule has 5 heteroatoms. The Morgan fingerprint density at radius 2 is 2.29 bits per heavy atom. The van der Waals surface area contributed by atoms with Crippen LogP contribution in [0.25, 0.3) is 0 Å². The Morgan fingerprint density at radius 3 is 3.00 bits per heavy atom. The highest BCUT2D eigenvalue weighted by Gasteiger charge is 2.03. The molecule has 0 radical (unpaired) electrons. The van der Waals surface area contributed by atoms with Gasteiger partial charge in [-0.25, -0.2) is 9.97 Å². The molecule has 0 aliphatic heterocycles. The molecule has 0 bridgehead atoms.